The Bertz CT molecular complexity index is 912. The minimum absolute atomic E-state index is 0.0382. The van der Waals surface area contributed by atoms with E-state index in [-0.39, 0.29) is 24.0 Å². The van der Waals surface area contributed by atoms with Gasteiger partial charge >= 0.3 is 5.97 Å². The quantitative estimate of drug-likeness (QED) is 0.711. The maximum Gasteiger partial charge on any atom is 0.338 e. The number of halogens is 1. The summed E-state index contributed by atoms with van der Waals surface area (Å²) in [5.74, 6) is -1.17. The molecular formula is C23H30FN3O4. The van der Waals surface area contributed by atoms with Gasteiger partial charge in [0.1, 0.15) is 5.82 Å². The van der Waals surface area contributed by atoms with Crippen LogP contribution in [0.2, 0.25) is 0 Å². The molecule has 1 atom stereocenters. The van der Waals surface area contributed by atoms with Crippen LogP contribution in [0.25, 0.3) is 0 Å². The molecule has 8 heteroatoms. The molecule has 1 aliphatic heterocycles. The van der Waals surface area contributed by atoms with E-state index in [0.717, 1.165) is 30.3 Å². The lowest BCUT2D eigenvalue weighted by Gasteiger charge is -2.15. The van der Waals surface area contributed by atoms with E-state index in [4.69, 9.17) is 14.6 Å². The maximum absolute atomic E-state index is 13.3. The van der Waals surface area contributed by atoms with Crippen LogP contribution in [0.5, 0.6) is 0 Å². The van der Waals surface area contributed by atoms with Crippen molar-refractivity contribution in [1.82, 2.24) is 15.1 Å². The summed E-state index contributed by atoms with van der Waals surface area (Å²) in [6, 6.07) is 5.44. The monoisotopic (exact) mass is 431 g/mol. The zero-order chi connectivity index (χ0) is 22.2. The molecule has 0 unspecified atom stereocenters. The second kappa shape index (κ2) is 11.0. The predicted molar refractivity (Wildman–Crippen MR) is 114 cm³/mol. The highest BCUT2D eigenvalue weighted by Gasteiger charge is 2.24. The number of nitrogens with zero attached hydrogens (tertiary/aromatic N) is 2. The van der Waals surface area contributed by atoms with Crippen molar-refractivity contribution >= 4 is 11.9 Å². The molecule has 1 aliphatic rings. The number of nitrogens with one attached hydrogen (secondary N) is 1. The molecule has 168 valence electrons. The molecule has 2 heterocycles. The van der Waals surface area contributed by atoms with Gasteiger partial charge in [0.15, 0.2) is 0 Å². The molecule has 0 bridgehead atoms. The number of benzene rings is 1. The van der Waals surface area contributed by atoms with Crippen molar-refractivity contribution in [3.63, 3.8) is 0 Å². The van der Waals surface area contributed by atoms with Crippen molar-refractivity contribution in [1.29, 1.82) is 0 Å². The Balaban J connectivity index is 1.71. The van der Waals surface area contributed by atoms with Gasteiger partial charge in [-0.15, -0.1) is 0 Å². The standard InChI is InChI=1S/C23H30FN3O4/c1-3-19-21-20(9-5-11-30-12-6-10-25-22(21)28)27(26-19)14-16(2)15-31-23(29)17-7-4-8-18(24)13-17/h4,7-8,13,16H,3,5-6,9-12,14-15H2,1-2H3,(H,25,28)/t16-/m1/s1. The normalized spacial score (nSPS) is 16.0. The lowest BCUT2D eigenvalue weighted by Crippen LogP contribution is -2.27. The first-order valence-electron chi connectivity index (χ1n) is 10.9. The van der Waals surface area contributed by atoms with Crippen LogP contribution in [-0.4, -0.2) is 48.0 Å². The van der Waals surface area contributed by atoms with Gasteiger partial charge in [0.05, 0.1) is 29.1 Å². The van der Waals surface area contributed by atoms with Crippen LogP contribution in [0.1, 0.15) is 58.8 Å². The lowest BCUT2D eigenvalue weighted by atomic mass is 10.1. The van der Waals surface area contributed by atoms with Gasteiger partial charge in [-0.2, -0.15) is 5.10 Å². The summed E-state index contributed by atoms with van der Waals surface area (Å²) in [6.45, 7) is 6.45. The Morgan fingerprint density at radius 3 is 2.94 bits per heavy atom. The molecule has 0 spiro atoms. The Morgan fingerprint density at radius 2 is 2.16 bits per heavy atom. The minimum Gasteiger partial charge on any atom is -0.462 e. The second-order valence-electron chi connectivity index (χ2n) is 7.84. The van der Waals surface area contributed by atoms with Crippen molar-refractivity contribution in [3.8, 4) is 0 Å². The van der Waals surface area contributed by atoms with Crippen molar-refractivity contribution in [2.75, 3.05) is 26.4 Å². The molecule has 2 aromatic rings. The molecular weight excluding hydrogens is 401 g/mol. The van der Waals surface area contributed by atoms with E-state index < -0.39 is 11.8 Å². The van der Waals surface area contributed by atoms with E-state index in [1.165, 1.54) is 18.2 Å². The fourth-order valence-corrected chi connectivity index (χ4v) is 3.64. The summed E-state index contributed by atoms with van der Waals surface area (Å²) in [4.78, 5) is 25.0. The van der Waals surface area contributed by atoms with Crippen molar-refractivity contribution in [2.45, 2.75) is 46.1 Å². The van der Waals surface area contributed by atoms with E-state index in [1.807, 2.05) is 18.5 Å². The first kappa shape index (κ1) is 22.9. The van der Waals surface area contributed by atoms with Gasteiger partial charge in [-0.25, -0.2) is 9.18 Å². The number of carbonyl (C=O) groups excluding carboxylic acids is 2. The van der Waals surface area contributed by atoms with Gasteiger partial charge in [-0.3, -0.25) is 9.48 Å². The number of hydrogen-bond donors (Lipinski definition) is 1. The number of esters is 1. The molecule has 31 heavy (non-hydrogen) atoms. The van der Waals surface area contributed by atoms with E-state index >= 15 is 0 Å². The van der Waals surface area contributed by atoms with E-state index in [1.54, 1.807) is 0 Å². The largest absolute Gasteiger partial charge is 0.462 e. The van der Waals surface area contributed by atoms with Crippen molar-refractivity contribution in [3.05, 3.63) is 52.6 Å². The molecule has 1 aromatic carbocycles. The number of aromatic nitrogens is 2. The average molecular weight is 432 g/mol. The molecule has 7 nitrogen and oxygen atoms in total. The van der Waals surface area contributed by atoms with Crippen LogP contribution in [0, 0.1) is 11.7 Å². The number of amides is 1. The van der Waals surface area contributed by atoms with Gasteiger partial charge in [-0.05, 0) is 43.9 Å². The van der Waals surface area contributed by atoms with Gasteiger partial charge < -0.3 is 14.8 Å². The number of fused-ring (bicyclic) bond motifs is 1. The molecule has 0 fully saturated rings. The highest BCUT2D eigenvalue weighted by molar-refractivity contribution is 5.96. The maximum atomic E-state index is 13.3. The molecule has 0 saturated carbocycles. The first-order chi connectivity index (χ1) is 15.0. The first-order valence-corrected chi connectivity index (χ1v) is 10.9. The van der Waals surface area contributed by atoms with Crippen molar-refractivity contribution < 1.29 is 23.5 Å². The summed E-state index contributed by atoms with van der Waals surface area (Å²) >= 11 is 0. The third-order valence-electron chi connectivity index (χ3n) is 5.19. The third-order valence-corrected chi connectivity index (χ3v) is 5.19. The Morgan fingerprint density at radius 1 is 1.35 bits per heavy atom. The minimum atomic E-state index is -0.558. The molecule has 0 radical (unpaired) electrons. The molecule has 1 aromatic heterocycles. The van der Waals surface area contributed by atoms with Gasteiger partial charge in [0.25, 0.3) is 5.91 Å². The van der Waals surface area contributed by atoms with Gasteiger partial charge in [-0.1, -0.05) is 19.9 Å². The van der Waals surface area contributed by atoms with Crippen LogP contribution in [0.4, 0.5) is 4.39 Å². The smallest absolute Gasteiger partial charge is 0.338 e. The van der Waals surface area contributed by atoms with Crippen LogP contribution in [0.15, 0.2) is 24.3 Å². The number of hydrogen-bond acceptors (Lipinski definition) is 5. The average Bonchev–Trinajstić information content (AvgIpc) is 3.08. The van der Waals surface area contributed by atoms with Crippen LogP contribution >= 0.6 is 0 Å². The summed E-state index contributed by atoms with van der Waals surface area (Å²) in [5, 5.41) is 7.66. The Labute approximate surface area is 181 Å². The van der Waals surface area contributed by atoms with E-state index in [0.29, 0.717) is 44.7 Å². The predicted octanol–water partition coefficient (Wildman–Crippen LogP) is 3.16. The van der Waals surface area contributed by atoms with Gasteiger partial charge in [0.2, 0.25) is 0 Å². The Hall–Kier alpha value is -2.74. The van der Waals surface area contributed by atoms with Crippen molar-refractivity contribution in [2.24, 2.45) is 5.92 Å². The van der Waals surface area contributed by atoms with E-state index in [9.17, 15) is 14.0 Å². The zero-order valence-corrected chi connectivity index (χ0v) is 18.2. The number of rotatable bonds is 6. The zero-order valence-electron chi connectivity index (χ0n) is 18.2. The molecule has 3 rings (SSSR count). The van der Waals surface area contributed by atoms with Crippen LogP contribution in [-0.2, 0) is 28.9 Å². The number of aryl methyl sites for hydroxylation is 1. The summed E-state index contributed by atoms with van der Waals surface area (Å²) in [7, 11) is 0. The Kier molecular flexibility index (Phi) is 8.17. The second-order valence-corrected chi connectivity index (χ2v) is 7.84. The summed E-state index contributed by atoms with van der Waals surface area (Å²) in [6.07, 6.45) is 2.93. The number of ether oxygens (including phenoxy) is 2. The fraction of sp³-hybridized carbons (Fsp3) is 0.522. The van der Waals surface area contributed by atoms with Gasteiger partial charge in [0, 0.05) is 32.2 Å². The molecule has 0 aliphatic carbocycles. The molecule has 1 amide bonds. The van der Waals surface area contributed by atoms with E-state index in [2.05, 4.69) is 5.32 Å². The SMILES string of the molecule is CCc1nn(C[C@@H](C)COC(=O)c2cccc(F)c2)c2c1C(=O)NCCCOCCC2. The lowest BCUT2D eigenvalue weighted by molar-refractivity contribution is 0.0435. The molecule has 0 saturated heterocycles. The topological polar surface area (TPSA) is 82.5 Å². The number of carbonyl (C=O) groups is 2. The van der Waals surface area contributed by atoms with Crippen LogP contribution in [0.3, 0.4) is 0 Å². The van der Waals surface area contributed by atoms with Crippen LogP contribution < -0.4 is 5.32 Å². The molecule has 1 N–H and O–H groups in total. The fourth-order valence-electron chi connectivity index (χ4n) is 3.64. The summed E-state index contributed by atoms with van der Waals surface area (Å²) in [5.41, 5.74) is 2.51. The highest BCUT2D eigenvalue weighted by Crippen LogP contribution is 2.20. The third kappa shape index (κ3) is 6.13. The summed E-state index contributed by atoms with van der Waals surface area (Å²) < 4.78 is 26.2. The highest BCUT2D eigenvalue weighted by atomic mass is 19.1.